The first-order valence-corrected chi connectivity index (χ1v) is 16.4. The van der Waals surface area contributed by atoms with Gasteiger partial charge in [-0.1, -0.05) is 101 Å². The molecule has 1 heterocycles. The van der Waals surface area contributed by atoms with Crippen LogP contribution in [0.15, 0.2) is 53.6 Å². The molecule has 1 N–H and O–H groups in total. The Kier molecular flexibility index (Phi) is 15.2. The molecular formula is C33H47ClN2O3S. The normalized spacial score (nSPS) is 12.9. The summed E-state index contributed by atoms with van der Waals surface area (Å²) in [7, 11) is 0. The lowest BCUT2D eigenvalue weighted by Crippen LogP contribution is -2.20. The second-order valence-corrected chi connectivity index (χ2v) is 11.9. The second kappa shape index (κ2) is 18.9. The van der Waals surface area contributed by atoms with Crippen molar-refractivity contribution in [2.45, 2.75) is 97.4 Å². The molecule has 220 valence electrons. The predicted molar refractivity (Wildman–Crippen MR) is 170 cm³/mol. The molecule has 0 bridgehead atoms. The van der Waals surface area contributed by atoms with Gasteiger partial charge in [-0.2, -0.15) is 0 Å². The molecule has 0 fully saturated rings. The molecule has 2 aromatic rings. The van der Waals surface area contributed by atoms with E-state index in [0.29, 0.717) is 17.4 Å². The van der Waals surface area contributed by atoms with Crippen LogP contribution in [0.25, 0.3) is 0 Å². The molecule has 2 aromatic carbocycles. The number of nitrogens with zero attached hydrogens (tertiary/aromatic N) is 1. The second-order valence-electron chi connectivity index (χ2n) is 10.6. The van der Waals surface area contributed by atoms with Crippen LogP contribution in [0.4, 0.5) is 5.69 Å². The Morgan fingerprint density at radius 1 is 0.900 bits per heavy atom. The molecule has 3 rings (SSSR count). The standard InChI is InChI=1S/C33H47ClN2O3S/c1-3-4-5-6-7-8-9-10-11-12-13-14-21-38-30-19-20-32(31(34)22-30)39-24-33(37)35-29-17-15-28(16-18-29)23-36-26-40-25-27(36)2/h15-20,22,25H,3-14,21,23-24,26H2,1-2H3,(H,35,37). The summed E-state index contributed by atoms with van der Waals surface area (Å²) in [5, 5.41) is 5.50. The lowest BCUT2D eigenvalue weighted by Gasteiger charge is -2.19. The van der Waals surface area contributed by atoms with Crippen molar-refractivity contribution in [2.75, 3.05) is 24.4 Å². The van der Waals surface area contributed by atoms with E-state index in [2.05, 4.69) is 29.5 Å². The highest BCUT2D eigenvalue weighted by Crippen LogP contribution is 2.29. The maximum Gasteiger partial charge on any atom is 0.262 e. The van der Waals surface area contributed by atoms with E-state index in [1.54, 1.807) is 12.1 Å². The molecule has 0 spiro atoms. The topological polar surface area (TPSA) is 50.8 Å². The van der Waals surface area contributed by atoms with Crippen LogP contribution in [0.1, 0.15) is 96.5 Å². The number of carbonyl (C=O) groups excluding carboxylic acids is 1. The fourth-order valence-corrected chi connectivity index (χ4v) is 5.84. The molecule has 0 saturated carbocycles. The first kappa shape index (κ1) is 32.2. The minimum atomic E-state index is -0.231. The third kappa shape index (κ3) is 12.5. The Hall–Kier alpha value is -2.31. The summed E-state index contributed by atoms with van der Waals surface area (Å²) in [6, 6.07) is 13.3. The molecule has 0 aliphatic carbocycles. The van der Waals surface area contributed by atoms with Gasteiger partial charge >= 0.3 is 0 Å². The number of amides is 1. The Balaban J connectivity index is 1.25. The monoisotopic (exact) mass is 586 g/mol. The van der Waals surface area contributed by atoms with Crippen molar-refractivity contribution in [3.05, 3.63) is 64.2 Å². The van der Waals surface area contributed by atoms with E-state index in [1.807, 2.05) is 42.1 Å². The van der Waals surface area contributed by atoms with Gasteiger partial charge in [-0.25, -0.2) is 0 Å². The van der Waals surface area contributed by atoms with Crippen LogP contribution >= 0.6 is 23.4 Å². The zero-order valence-corrected chi connectivity index (χ0v) is 26.0. The Morgan fingerprint density at radius 2 is 1.55 bits per heavy atom. The lowest BCUT2D eigenvalue weighted by molar-refractivity contribution is -0.118. The first-order chi connectivity index (χ1) is 19.5. The zero-order chi connectivity index (χ0) is 28.4. The largest absolute Gasteiger partial charge is 0.494 e. The summed E-state index contributed by atoms with van der Waals surface area (Å²) in [6.45, 7) is 5.83. The molecule has 0 saturated heterocycles. The number of allylic oxidation sites excluding steroid dienone is 1. The summed E-state index contributed by atoms with van der Waals surface area (Å²) in [5.41, 5.74) is 3.24. The van der Waals surface area contributed by atoms with E-state index in [0.717, 1.165) is 30.3 Å². The van der Waals surface area contributed by atoms with E-state index in [9.17, 15) is 4.79 Å². The number of unbranched alkanes of at least 4 members (excludes halogenated alkanes) is 11. The molecule has 1 aliphatic rings. The fourth-order valence-electron chi connectivity index (χ4n) is 4.67. The van der Waals surface area contributed by atoms with Crippen molar-refractivity contribution in [2.24, 2.45) is 0 Å². The average molecular weight is 587 g/mol. The summed E-state index contributed by atoms with van der Waals surface area (Å²) in [5.74, 6) is 1.95. The summed E-state index contributed by atoms with van der Waals surface area (Å²) in [6.07, 6.45) is 15.9. The van der Waals surface area contributed by atoms with Crippen LogP contribution < -0.4 is 14.8 Å². The number of benzene rings is 2. The minimum absolute atomic E-state index is 0.116. The third-order valence-electron chi connectivity index (χ3n) is 7.12. The summed E-state index contributed by atoms with van der Waals surface area (Å²) in [4.78, 5) is 14.7. The molecule has 5 nitrogen and oxygen atoms in total. The molecule has 0 radical (unpaired) electrons. The van der Waals surface area contributed by atoms with Crippen LogP contribution in [-0.2, 0) is 11.3 Å². The van der Waals surface area contributed by atoms with E-state index < -0.39 is 0 Å². The van der Waals surface area contributed by atoms with Crippen molar-refractivity contribution in [1.29, 1.82) is 0 Å². The number of hydrogen-bond acceptors (Lipinski definition) is 5. The van der Waals surface area contributed by atoms with Gasteiger partial charge in [0.1, 0.15) is 11.5 Å². The van der Waals surface area contributed by atoms with Crippen molar-refractivity contribution >= 4 is 35.0 Å². The van der Waals surface area contributed by atoms with Gasteiger partial charge in [-0.15, -0.1) is 11.8 Å². The fraction of sp³-hybridized carbons (Fsp3) is 0.545. The summed E-state index contributed by atoms with van der Waals surface area (Å²) >= 11 is 8.20. The van der Waals surface area contributed by atoms with Crippen molar-refractivity contribution in [3.63, 3.8) is 0 Å². The molecule has 0 aromatic heterocycles. The van der Waals surface area contributed by atoms with Gasteiger partial charge in [0.15, 0.2) is 6.61 Å². The van der Waals surface area contributed by atoms with Gasteiger partial charge in [-0.3, -0.25) is 4.79 Å². The maximum absolute atomic E-state index is 12.4. The average Bonchev–Trinajstić information content (AvgIpc) is 3.35. The van der Waals surface area contributed by atoms with Crippen LogP contribution in [0.5, 0.6) is 11.5 Å². The quantitative estimate of drug-likeness (QED) is 0.156. The molecular weight excluding hydrogens is 540 g/mol. The van der Waals surface area contributed by atoms with Gasteiger partial charge in [-0.05, 0) is 48.6 Å². The number of halogens is 1. The van der Waals surface area contributed by atoms with Gasteiger partial charge < -0.3 is 19.7 Å². The highest BCUT2D eigenvalue weighted by atomic mass is 35.5. The number of hydrogen-bond donors (Lipinski definition) is 1. The van der Waals surface area contributed by atoms with E-state index in [4.69, 9.17) is 21.1 Å². The Morgan fingerprint density at radius 3 is 2.15 bits per heavy atom. The van der Waals surface area contributed by atoms with Crippen LogP contribution in [0.3, 0.4) is 0 Å². The van der Waals surface area contributed by atoms with E-state index in [1.165, 1.54) is 81.9 Å². The molecule has 7 heteroatoms. The SMILES string of the molecule is CCCCCCCCCCCCCCOc1ccc(OCC(=O)Nc2ccc(CN3CSC=C3C)cc2)c(Cl)c1. The number of ether oxygens (including phenoxy) is 2. The number of thioether (sulfide) groups is 1. The van der Waals surface area contributed by atoms with Crippen molar-refractivity contribution < 1.29 is 14.3 Å². The molecule has 0 unspecified atom stereocenters. The zero-order valence-electron chi connectivity index (χ0n) is 24.4. The minimum Gasteiger partial charge on any atom is -0.494 e. The molecule has 1 amide bonds. The Bertz CT molecular complexity index is 1040. The molecule has 1 aliphatic heterocycles. The van der Waals surface area contributed by atoms with Gasteiger partial charge in [0.2, 0.25) is 0 Å². The van der Waals surface area contributed by atoms with Crippen molar-refractivity contribution in [1.82, 2.24) is 4.90 Å². The van der Waals surface area contributed by atoms with Crippen LogP contribution in [-0.4, -0.2) is 29.9 Å². The first-order valence-electron chi connectivity index (χ1n) is 15.0. The van der Waals surface area contributed by atoms with E-state index >= 15 is 0 Å². The smallest absolute Gasteiger partial charge is 0.262 e. The molecule has 0 atom stereocenters. The van der Waals surface area contributed by atoms with E-state index in [-0.39, 0.29) is 12.5 Å². The highest BCUT2D eigenvalue weighted by molar-refractivity contribution is 8.02. The van der Waals surface area contributed by atoms with Crippen molar-refractivity contribution in [3.8, 4) is 11.5 Å². The maximum atomic E-state index is 12.4. The Labute approximate surface area is 251 Å². The third-order valence-corrected chi connectivity index (χ3v) is 8.39. The van der Waals surface area contributed by atoms with Crippen LogP contribution in [0, 0.1) is 0 Å². The van der Waals surface area contributed by atoms with Crippen LogP contribution in [0.2, 0.25) is 5.02 Å². The highest BCUT2D eigenvalue weighted by Gasteiger charge is 2.12. The van der Waals surface area contributed by atoms with Gasteiger partial charge in [0.25, 0.3) is 5.91 Å². The number of rotatable bonds is 20. The lowest BCUT2D eigenvalue weighted by atomic mass is 10.1. The number of carbonyl (C=O) groups is 1. The van der Waals surface area contributed by atoms with Gasteiger partial charge in [0, 0.05) is 24.0 Å². The summed E-state index contributed by atoms with van der Waals surface area (Å²) < 4.78 is 11.5. The number of nitrogens with one attached hydrogen (secondary N) is 1. The van der Waals surface area contributed by atoms with Gasteiger partial charge in [0.05, 0.1) is 17.5 Å². The predicted octanol–water partition coefficient (Wildman–Crippen LogP) is 9.80. The number of anilines is 1. The molecule has 40 heavy (non-hydrogen) atoms.